The van der Waals surface area contributed by atoms with Crippen molar-refractivity contribution in [2.24, 2.45) is 11.3 Å². The molecule has 4 nitrogen and oxygen atoms in total. The summed E-state index contributed by atoms with van der Waals surface area (Å²) in [7, 11) is 2.09. The second-order valence-corrected chi connectivity index (χ2v) is 10.2. The lowest BCUT2D eigenvalue weighted by atomic mass is 9.62. The number of hydrogen-bond acceptors (Lipinski definition) is 4. The van der Waals surface area contributed by atoms with Crippen LogP contribution in [0.15, 0.2) is 42.7 Å². The fraction of sp³-hybridized carbons (Fsp3) is 0.577. The highest BCUT2D eigenvalue weighted by atomic mass is 16.3. The Bertz CT molecular complexity index is 840. The van der Waals surface area contributed by atoms with Crippen molar-refractivity contribution in [1.29, 1.82) is 0 Å². The van der Waals surface area contributed by atoms with Gasteiger partial charge in [-0.05, 0) is 54.5 Å². The third kappa shape index (κ3) is 4.32. The normalized spacial score (nSPS) is 19.5. The number of nitrogens with zero attached hydrogens (tertiary/aromatic N) is 2. The van der Waals surface area contributed by atoms with Crippen LogP contribution >= 0.6 is 0 Å². The van der Waals surface area contributed by atoms with E-state index in [1.807, 2.05) is 26.2 Å². The number of aryl methyl sites for hydroxylation is 1. The predicted octanol–water partition coefficient (Wildman–Crippen LogP) is 4.34. The van der Waals surface area contributed by atoms with Gasteiger partial charge in [-0.2, -0.15) is 0 Å². The molecule has 0 amide bonds. The van der Waals surface area contributed by atoms with Gasteiger partial charge in [0, 0.05) is 36.5 Å². The molecule has 1 unspecified atom stereocenters. The molecule has 0 radical (unpaired) electrons. The monoisotopic (exact) mass is 410 g/mol. The summed E-state index contributed by atoms with van der Waals surface area (Å²) in [5.74, 6) is 0.692. The first-order valence-electron chi connectivity index (χ1n) is 11.2. The fourth-order valence-electron chi connectivity index (χ4n) is 4.82. The Kier molecular flexibility index (Phi) is 6.71. The number of likely N-dealkylation sites (tertiary alicyclic amines) is 1. The first-order chi connectivity index (χ1) is 14.1. The number of aliphatic hydroxyl groups excluding tert-OH is 1. The number of benzene rings is 1. The highest BCUT2D eigenvalue weighted by Gasteiger charge is 2.55. The zero-order valence-electron chi connectivity index (χ0n) is 19.4. The van der Waals surface area contributed by atoms with E-state index in [-0.39, 0.29) is 17.4 Å². The van der Waals surface area contributed by atoms with E-state index in [2.05, 4.69) is 68.0 Å². The molecule has 3 rings (SSSR count). The maximum Gasteiger partial charge on any atom is 0.124 e. The van der Waals surface area contributed by atoms with Gasteiger partial charge in [-0.15, -0.1) is 0 Å². The third-order valence-electron chi connectivity index (χ3n) is 6.82. The van der Waals surface area contributed by atoms with Gasteiger partial charge in [-0.1, -0.05) is 58.9 Å². The lowest BCUT2D eigenvalue weighted by Crippen LogP contribution is -2.63. The number of aliphatic hydroxyl groups is 2. The molecule has 30 heavy (non-hydrogen) atoms. The summed E-state index contributed by atoms with van der Waals surface area (Å²) in [4.78, 5) is 6.72. The minimum Gasteiger partial charge on any atom is -0.393 e. The van der Waals surface area contributed by atoms with E-state index < -0.39 is 5.60 Å². The molecule has 2 aromatic rings. The van der Waals surface area contributed by atoms with Crippen LogP contribution in [0.4, 0.5) is 0 Å². The molecule has 0 bridgehead atoms. The summed E-state index contributed by atoms with van der Waals surface area (Å²) in [6, 6.07) is 10.5. The molecule has 2 atom stereocenters. The average Bonchev–Trinajstić information content (AvgIpc) is 2.70. The van der Waals surface area contributed by atoms with Crippen LogP contribution in [0.25, 0.3) is 0 Å². The van der Waals surface area contributed by atoms with Gasteiger partial charge in [-0.3, -0.25) is 4.98 Å². The zero-order chi connectivity index (χ0) is 22.1. The average molecular weight is 411 g/mol. The van der Waals surface area contributed by atoms with Crippen molar-refractivity contribution in [2.45, 2.75) is 65.1 Å². The Morgan fingerprint density at radius 2 is 1.70 bits per heavy atom. The molecule has 164 valence electrons. The topological polar surface area (TPSA) is 56.6 Å². The van der Waals surface area contributed by atoms with Gasteiger partial charge < -0.3 is 15.1 Å². The number of pyridine rings is 1. The van der Waals surface area contributed by atoms with E-state index in [9.17, 15) is 10.2 Å². The Labute approximate surface area is 182 Å². The van der Waals surface area contributed by atoms with E-state index in [1.54, 1.807) is 0 Å². The number of aromatic nitrogens is 1. The fourth-order valence-corrected chi connectivity index (χ4v) is 4.82. The standard InChI is InChI=1S/C26H38N2O2/c1-18(2)21-8-10-22(11-9-21)26(30,25(5)16-28(6)17-25)23-13-20(14-27-15-23)7-12-24(29)19(3)4/h8-11,13-15,18-19,24,29-30H,7,12,16-17H2,1-6H3/t24?,26-/m0/s1. The molecule has 2 N–H and O–H groups in total. The maximum atomic E-state index is 12.3. The molecule has 0 saturated carbocycles. The highest BCUT2D eigenvalue weighted by molar-refractivity contribution is 5.41. The van der Waals surface area contributed by atoms with Crippen LogP contribution in [0.2, 0.25) is 0 Å². The van der Waals surface area contributed by atoms with E-state index >= 15 is 0 Å². The van der Waals surface area contributed by atoms with Crippen LogP contribution in [0.3, 0.4) is 0 Å². The van der Waals surface area contributed by atoms with Crippen molar-refractivity contribution in [2.75, 3.05) is 20.1 Å². The van der Waals surface area contributed by atoms with E-state index in [4.69, 9.17) is 0 Å². The van der Waals surface area contributed by atoms with Gasteiger partial charge in [0.2, 0.25) is 0 Å². The van der Waals surface area contributed by atoms with Gasteiger partial charge in [0.05, 0.1) is 6.10 Å². The van der Waals surface area contributed by atoms with Crippen LogP contribution in [0.1, 0.15) is 69.2 Å². The Morgan fingerprint density at radius 1 is 1.07 bits per heavy atom. The summed E-state index contributed by atoms with van der Waals surface area (Å²) in [6.45, 7) is 12.3. The third-order valence-corrected chi connectivity index (χ3v) is 6.82. The summed E-state index contributed by atoms with van der Waals surface area (Å²) in [6.07, 6.45) is 4.79. The Balaban J connectivity index is 1.98. The number of rotatable bonds is 8. The van der Waals surface area contributed by atoms with Gasteiger partial charge >= 0.3 is 0 Å². The lowest BCUT2D eigenvalue weighted by Gasteiger charge is -2.56. The summed E-state index contributed by atoms with van der Waals surface area (Å²) in [5, 5.41) is 22.5. The summed E-state index contributed by atoms with van der Waals surface area (Å²) >= 11 is 0. The molecular formula is C26H38N2O2. The van der Waals surface area contributed by atoms with Crippen molar-refractivity contribution in [3.05, 3.63) is 65.0 Å². The van der Waals surface area contributed by atoms with Crippen LogP contribution in [0, 0.1) is 11.3 Å². The SMILES string of the molecule is CC(C)c1ccc([C@](O)(c2cncc(CCC(O)C(C)C)c2)C2(C)CN(C)C2)cc1. The van der Waals surface area contributed by atoms with Gasteiger partial charge in [0.15, 0.2) is 0 Å². The van der Waals surface area contributed by atoms with E-state index in [0.29, 0.717) is 12.3 Å². The van der Waals surface area contributed by atoms with Gasteiger partial charge in [0.25, 0.3) is 0 Å². The van der Waals surface area contributed by atoms with Crippen LogP contribution in [0.5, 0.6) is 0 Å². The quantitative estimate of drug-likeness (QED) is 0.680. The van der Waals surface area contributed by atoms with Crippen LogP contribution in [-0.2, 0) is 12.0 Å². The van der Waals surface area contributed by atoms with Crippen molar-refractivity contribution >= 4 is 0 Å². The first kappa shape index (κ1) is 22.9. The molecular weight excluding hydrogens is 372 g/mol. The van der Waals surface area contributed by atoms with Crippen molar-refractivity contribution in [3.63, 3.8) is 0 Å². The minimum atomic E-state index is -1.12. The van der Waals surface area contributed by atoms with Crippen LogP contribution < -0.4 is 0 Å². The van der Waals surface area contributed by atoms with Crippen molar-refractivity contribution in [3.8, 4) is 0 Å². The maximum absolute atomic E-state index is 12.3. The Morgan fingerprint density at radius 3 is 2.23 bits per heavy atom. The second kappa shape index (κ2) is 8.78. The molecule has 1 aliphatic heterocycles. The largest absolute Gasteiger partial charge is 0.393 e. The molecule has 1 fully saturated rings. The van der Waals surface area contributed by atoms with Gasteiger partial charge in [-0.25, -0.2) is 0 Å². The molecule has 1 aliphatic rings. The molecule has 1 aromatic carbocycles. The molecule has 0 aliphatic carbocycles. The minimum absolute atomic E-state index is 0.238. The van der Waals surface area contributed by atoms with Crippen LogP contribution in [-0.4, -0.2) is 46.3 Å². The summed E-state index contributed by atoms with van der Waals surface area (Å²) in [5.41, 5.74) is 2.68. The van der Waals surface area contributed by atoms with Crippen molar-refractivity contribution in [1.82, 2.24) is 9.88 Å². The highest BCUT2D eigenvalue weighted by Crippen LogP contribution is 2.50. The molecule has 2 heterocycles. The molecule has 0 spiro atoms. The first-order valence-corrected chi connectivity index (χ1v) is 11.2. The molecule has 1 saturated heterocycles. The Hall–Kier alpha value is -1.75. The summed E-state index contributed by atoms with van der Waals surface area (Å²) < 4.78 is 0. The second-order valence-electron chi connectivity index (χ2n) is 10.2. The zero-order valence-corrected chi connectivity index (χ0v) is 19.4. The van der Waals surface area contributed by atoms with E-state index in [1.165, 1.54) is 5.56 Å². The smallest absolute Gasteiger partial charge is 0.124 e. The van der Waals surface area contributed by atoms with Gasteiger partial charge in [0.1, 0.15) is 5.60 Å². The molecule has 1 aromatic heterocycles. The molecule has 4 heteroatoms. The number of hydrogen-bond donors (Lipinski definition) is 2. The predicted molar refractivity (Wildman–Crippen MR) is 123 cm³/mol. The lowest BCUT2D eigenvalue weighted by molar-refractivity contribution is -0.127. The van der Waals surface area contributed by atoms with Crippen molar-refractivity contribution < 1.29 is 10.2 Å². The van der Waals surface area contributed by atoms with E-state index in [0.717, 1.165) is 36.2 Å².